The average Bonchev–Trinajstić information content (AvgIpc) is 2.25. The molecule has 1 aliphatic rings. The Morgan fingerprint density at radius 2 is 2.20 bits per heavy atom. The molecule has 110 valence electrons. The smallest absolute Gasteiger partial charge is 0.349 e. The lowest BCUT2D eigenvalue weighted by Crippen LogP contribution is -2.34. The number of ether oxygens (including phenoxy) is 1. The Morgan fingerprint density at radius 3 is 2.80 bits per heavy atom. The number of anilines is 1. The van der Waals surface area contributed by atoms with E-state index in [-0.39, 0.29) is 29.0 Å². The maximum absolute atomic E-state index is 11.0. The molecule has 1 aromatic rings. The molecule has 1 aromatic heterocycles. The fourth-order valence-corrected chi connectivity index (χ4v) is 3.09. The summed E-state index contributed by atoms with van der Waals surface area (Å²) in [5.41, 5.74) is 5.41. The molecule has 2 atom stereocenters. The first kappa shape index (κ1) is 14.5. The molecule has 7 nitrogen and oxygen atoms in total. The summed E-state index contributed by atoms with van der Waals surface area (Å²) in [5.74, 6) is 0.466. The van der Waals surface area contributed by atoms with E-state index in [1.165, 1.54) is 0 Å². The standard InChI is InChI=1S/C13H20N4O3/c1-8-4-9(6-13(2,3)5-8)20-11-10(17(18)19)7-15-12(14)16-11/h7-9H,4-6H2,1-3H3,(H2,14,15,16). The van der Waals surface area contributed by atoms with Gasteiger partial charge in [-0.05, 0) is 30.6 Å². The Morgan fingerprint density at radius 1 is 1.50 bits per heavy atom. The zero-order chi connectivity index (χ0) is 14.9. The predicted molar refractivity (Wildman–Crippen MR) is 74.3 cm³/mol. The van der Waals surface area contributed by atoms with E-state index in [4.69, 9.17) is 10.5 Å². The highest BCUT2D eigenvalue weighted by Crippen LogP contribution is 2.40. The second kappa shape index (κ2) is 5.22. The highest BCUT2D eigenvalue weighted by atomic mass is 16.6. The van der Waals surface area contributed by atoms with Gasteiger partial charge in [0.15, 0.2) is 0 Å². The van der Waals surface area contributed by atoms with Gasteiger partial charge in [0, 0.05) is 0 Å². The Bertz CT molecular complexity index is 518. The third-order valence-corrected chi connectivity index (χ3v) is 3.58. The van der Waals surface area contributed by atoms with Crippen LogP contribution in [0.1, 0.15) is 40.0 Å². The number of aromatic nitrogens is 2. The Balaban J connectivity index is 2.21. The first-order valence-electron chi connectivity index (χ1n) is 6.70. The molecule has 2 N–H and O–H groups in total. The summed E-state index contributed by atoms with van der Waals surface area (Å²) in [4.78, 5) is 17.9. The molecule has 0 saturated heterocycles. The van der Waals surface area contributed by atoms with Crippen LogP contribution in [0.15, 0.2) is 6.20 Å². The summed E-state index contributed by atoms with van der Waals surface area (Å²) < 4.78 is 5.76. The van der Waals surface area contributed by atoms with Crippen LogP contribution in [0.5, 0.6) is 5.88 Å². The van der Waals surface area contributed by atoms with E-state index < -0.39 is 4.92 Å². The second-order valence-electron chi connectivity index (χ2n) is 6.33. The van der Waals surface area contributed by atoms with Gasteiger partial charge in [-0.1, -0.05) is 20.8 Å². The van der Waals surface area contributed by atoms with Crippen molar-refractivity contribution in [2.75, 3.05) is 5.73 Å². The fraction of sp³-hybridized carbons (Fsp3) is 0.692. The van der Waals surface area contributed by atoms with Crippen molar-refractivity contribution in [2.24, 2.45) is 11.3 Å². The molecule has 0 aliphatic heterocycles. The van der Waals surface area contributed by atoms with E-state index in [0.29, 0.717) is 5.92 Å². The van der Waals surface area contributed by atoms with Gasteiger partial charge in [-0.15, -0.1) is 0 Å². The highest BCUT2D eigenvalue weighted by molar-refractivity contribution is 5.41. The van der Waals surface area contributed by atoms with Crippen molar-refractivity contribution >= 4 is 11.6 Å². The fourth-order valence-electron chi connectivity index (χ4n) is 3.09. The van der Waals surface area contributed by atoms with Gasteiger partial charge >= 0.3 is 5.69 Å². The molecule has 2 unspecified atom stereocenters. The van der Waals surface area contributed by atoms with Crippen LogP contribution in [0.2, 0.25) is 0 Å². The molecule has 7 heteroatoms. The number of nitrogens with two attached hydrogens (primary N) is 1. The van der Waals surface area contributed by atoms with Crippen molar-refractivity contribution in [1.29, 1.82) is 0 Å². The van der Waals surface area contributed by atoms with Crippen molar-refractivity contribution in [1.82, 2.24) is 9.97 Å². The van der Waals surface area contributed by atoms with Gasteiger partial charge in [-0.2, -0.15) is 4.98 Å². The van der Waals surface area contributed by atoms with E-state index in [0.717, 1.165) is 25.5 Å². The molecule has 1 saturated carbocycles. The minimum atomic E-state index is -0.549. The van der Waals surface area contributed by atoms with Crippen molar-refractivity contribution in [3.8, 4) is 5.88 Å². The van der Waals surface area contributed by atoms with Crippen molar-refractivity contribution in [3.05, 3.63) is 16.3 Å². The van der Waals surface area contributed by atoms with E-state index in [1.54, 1.807) is 0 Å². The summed E-state index contributed by atoms with van der Waals surface area (Å²) in [5, 5.41) is 11.0. The number of nitro groups is 1. The average molecular weight is 280 g/mol. The Labute approximate surface area is 117 Å². The summed E-state index contributed by atoms with van der Waals surface area (Å²) in [7, 11) is 0. The summed E-state index contributed by atoms with van der Waals surface area (Å²) in [6.07, 6.45) is 3.85. The molecule has 0 bridgehead atoms. The Kier molecular flexibility index (Phi) is 3.78. The van der Waals surface area contributed by atoms with E-state index >= 15 is 0 Å². The quantitative estimate of drug-likeness (QED) is 0.674. The number of hydrogen-bond donors (Lipinski definition) is 1. The zero-order valence-electron chi connectivity index (χ0n) is 12.0. The number of rotatable bonds is 3. The highest BCUT2D eigenvalue weighted by Gasteiger charge is 2.34. The summed E-state index contributed by atoms with van der Waals surface area (Å²) in [6, 6.07) is 0. The van der Waals surface area contributed by atoms with E-state index in [9.17, 15) is 10.1 Å². The van der Waals surface area contributed by atoms with Crippen LogP contribution in [-0.2, 0) is 0 Å². The molecule has 2 rings (SSSR count). The van der Waals surface area contributed by atoms with E-state index in [1.807, 2.05) is 0 Å². The van der Waals surface area contributed by atoms with Gasteiger partial charge in [-0.25, -0.2) is 4.98 Å². The van der Waals surface area contributed by atoms with Crippen molar-refractivity contribution in [2.45, 2.75) is 46.1 Å². The third-order valence-electron chi connectivity index (χ3n) is 3.58. The molecular formula is C13H20N4O3. The van der Waals surface area contributed by atoms with Gasteiger partial charge in [0.2, 0.25) is 5.95 Å². The second-order valence-corrected chi connectivity index (χ2v) is 6.33. The van der Waals surface area contributed by atoms with Crippen LogP contribution < -0.4 is 10.5 Å². The van der Waals surface area contributed by atoms with Crippen molar-refractivity contribution < 1.29 is 9.66 Å². The molecular weight excluding hydrogens is 260 g/mol. The molecule has 0 spiro atoms. The third kappa shape index (κ3) is 3.34. The van der Waals surface area contributed by atoms with Gasteiger partial charge in [0.1, 0.15) is 12.3 Å². The lowest BCUT2D eigenvalue weighted by Gasteiger charge is -2.38. The van der Waals surface area contributed by atoms with Gasteiger partial charge in [0.05, 0.1) is 4.92 Å². The molecule has 20 heavy (non-hydrogen) atoms. The first-order chi connectivity index (χ1) is 9.27. The molecule has 1 aliphatic carbocycles. The monoisotopic (exact) mass is 280 g/mol. The minimum Gasteiger partial charge on any atom is -0.469 e. The van der Waals surface area contributed by atoms with Crippen LogP contribution in [-0.4, -0.2) is 21.0 Å². The molecule has 1 fully saturated rings. The molecule has 0 aromatic carbocycles. The zero-order valence-corrected chi connectivity index (χ0v) is 12.0. The van der Waals surface area contributed by atoms with Crippen LogP contribution in [0.25, 0.3) is 0 Å². The Hall–Kier alpha value is -1.92. The number of hydrogen-bond acceptors (Lipinski definition) is 6. The van der Waals surface area contributed by atoms with Crippen molar-refractivity contribution in [3.63, 3.8) is 0 Å². The normalized spacial score (nSPS) is 25.1. The van der Waals surface area contributed by atoms with Crippen LogP contribution in [0.3, 0.4) is 0 Å². The summed E-state index contributed by atoms with van der Waals surface area (Å²) in [6.45, 7) is 6.53. The molecule has 0 radical (unpaired) electrons. The van der Waals surface area contributed by atoms with Gasteiger partial charge in [0.25, 0.3) is 5.88 Å². The summed E-state index contributed by atoms with van der Waals surface area (Å²) >= 11 is 0. The molecule has 0 amide bonds. The lowest BCUT2D eigenvalue weighted by atomic mass is 9.71. The topological polar surface area (TPSA) is 104 Å². The maximum atomic E-state index is 11.0. The molecule has 1 heterocycles. The minimum absolute atomic E-state index is 0.0197. The SMILES string of the molecule is CC1CC(Oc2nc(N)ncc2[N+](=O)[O-])CC(C)(C)C1. The number of nitrogen functional groups attached to an aromatic ring is 1. The van der Waals surface area contributed by atoms with Crippen LogP contribution in [0, 0.1) is 21.4 Å². The van der Waals surface area contributed by atoms with Crippen LogP contribution >= 0.6 is 0 Å². The van der Waals surface area contributed by atoms with Crippen LogP contribution in [0.4, 0.5) is 11.6 Å². The number of nitrogens with zero attached hydrogens (tertiary/aromatic N) is 3. The van der Waals surface area contributed by atoms with Gasteiger partial charge < -0.3 is 10.5 Å². The maximum Gasteiger partial charge on any atom is 0.349 e. The largest absolute Gasteiger partial charge is 0.469 e. The predicted octanol–water partition coefficient (Wildman–Crippen LogP) is 2.56. The van der Waals surface area contributed by atoms with Gasteiger partial charge in [-0.3, -0.25) is 10.1 Å². The first-order valence-corrected chi connectivity index (χ1v) is 6.70. The lowest BCUT2D eigenvalue weighted by molar-refractivity contribution is -0.386. The van der Waals surface area contributed by atoms with E-state index in [2.05, 4.69) is 30.7 Å².